The maximum Gasteiger partial charge on any atom is 0.326 e. The van der Waals surface area contributed by atoms with Gasteiger partial charge in [-0.3, -0.25) is 9.59 Å². The van der Waals surface area contributed by atoms with Crippen LogP contribution in [0.25, 0.3) is 0 Å². The van der Waals surface area contributed by atoms with Crippen LogP contribution in [0.3, 0.4) is 0 Å². The number of hydrogen-bond acceptors (Lipinski definition) is 4. The molecule has 0 radical (unpaired) electrons. The number of carbonyl (C=O) groups is 2. The van der Waals surface area contributed by atoms with Crippen molar-refractivity contribution in [3.8, 4) is 0 Å². The van der Waals surface area contributed by atoms with Gasteiger partial charge < -0.3 is 10.0 Å². The zero-order valence-corrected chi connectivity index (χ0v) is 13.7. The number of carboxylic acids is 1. The summed E-state index contributed by atoms with van der Waals surface area (Å²) in [6.07, 6.45) is 1.98. The van der Waals surface area contributed by atoms with Crippen LogP contribution in [0.4, 0.5) is 0 Å². The summed E-state index contributed by atoms with van der Waals surface area (Å²) >= 11 is 0. The normalized spacial score (nSPS) is 17.3. The number of piperidine rings is 1. The van der Waals surface area contributed by atoms with Crippen molar-refractivity contribution in [3.63, 3.8) is 0 Å². The molecule has 1 aromatic heterocycles. The summed E-state index contributed by atoms with van der Waals surface area (Å²) in [6.45, 7) is 0.637. The molecule has 1 amide bonds. The summed E-state index contributed by atoms with van der Waals surface area (Å²) in [7, 11) is 0. The Morgan fingerprint density at radius 2 is 1.88 bits per heavy atom. The quantitative estimate of drug-likeness (QED) is 0.907. The van der Waals surface area contributed by atoms with E-state index in [1.165, 1.54) is 21.7 Å². The van der Waals surface area contributed by atoms with E-state index in [2.05, 4.69) is 5.10 Å². The maximum atomic E-state index is 12.7. The second kappa shape index (κ2) is 7.29. The molecule has 1 N–H and O–H groups in total. The molecule has 0 bridgehead atoms. The SMILES string of the molecule is O=C(O)[C@@H]1CCCCN1C(=O)c1ccc(=O)n(Cc2ccccc2)n1. The highest BCUT2D eigenvalue weighted by Gasteiger charge is 2.33. The average Bonchev–Trinajstić information content (AvgIpc) is 2.64. The topological polar surface area (TPSA) is 92.5 Å². The molecular weight excluding hydrogens is 322 g/mol. The highest BCUT2D eigenvalue weighted by molar-refractivity contribution is 5.95. The lowest BCUT2D eigenvalue weighted by Gasteiger charge is -2.32. The Bertz CT molecular complexity index is 832. The van der Waals surface area contributed by atoms with Crippen LogP contribution in [-0.2, 0) is 11.3 Å². The highest BCUT2D eigenvalue weighted by Crippen LogP contribution is 2.19. The van der Waals surface area contributed by atoms with Gasteiger partial charge in [0.2, 0.25) is 0 Å². The Morgan fingerprint density at radius 1 is 1.12 bits per heavy atom. The second-order valence-electron chi connectivity index (χ2n) is 6.05. The standard InChI is InChI=1S/C18H19N3O4/c22-16-10-9-14(19-21(16)12-13-6-2-1-3-7-13)17(23)20-11-5-4-8-15(20)18(24)25/h1-3,6-7,9-10,15H,4-5,8,11-12H2,(H,24,25)/t15-/m0/s1. The molecule has 2 heterocycles. The maximum absolute atomic E-state index is 12.7. The van der Waals surface area contributed by atoms with Gasteiger partial charge in [0.05, 0.1) is 6.54 Å². The van der Waals surface area contributed by atoms with Crippen molar-refractivity contribution in [2.45, 2.75) is 31.8 Å². The molecule has 1 fully saturated rings. The van der Waals surface area contributed by atoms with Crippen molar-refractivity contribution in [3.05, 3.63) is 64.1 Å². The number of benzene rings is 1. The Morgan fingerprint density at radius 3 is 2.60 bits per heavy atom. The van der Waals surface area contributed by atoms with E-state index in [0.29, 0.717) is 13.0 Å². The summed E-state index contributed by atoms with van der Waals surface area (Å²) in [6, 6.07) is 11.2. The molecule has 1 aliphatic rings. The Kier molecular flexibility index (Phi) is 4.92. The van der Waals surface area contributed by atoms with Crippen molar-refractivity contribution in [2.75, 3.05) is 6.54 Å². The third-order valence-corrected chi connectivity index (χ3v) is 4.31. The van der Waals surface area contributed by atoms with Crippen molar-refractivity contribution in [2.24, 2.45) is 0 Å². The van der Waals surface area contributed by atoms with E-state index in [0.717, 1.165) is 18.4 Å². The summed E-state index contributed by atoms with van der Waals surface area (Å²) in [5.74, 6) is -1.46. The van der Waals surface area contributed by atoms with Gasteiger partial charge in [0, 0.05) is 12.6 Å². The van der Waals surface area contributed by atoms with E-state index < -0.39 is 17.9 Å². The summed E-state index contributed by atoms with van der Waals surface area (Å²) in [5, 5.41) is 13.5. The van der Waals surface area contributed by atoms with E-state index in [1.54, 1.807) is 0 Å². The van der Waals surface area contributed by atoms with Crippen molar-refractivity contribution >= 4 is 11.9 Å². The fourth-order valence-electron chi connectivity index (χ4n) is 3.01. The molecule has 0 spiro atoms. The number of aliphatic carboxylic acids is 1. The minimum Gasteiger partial charge on any atom is -0.480 e. The van der Waals surface area contributed by atoms with E-state index >= 15 is 0 Å². The van der Waals surface area contributed by atoms with Crippen LogP contribution in [0.1, 0.15) is 35.3 Å². The van der Waals surface area contributed by atoms with Crippen LogP contribution in [-0.4, -0.2) is 44.3 Å². The van der Waals surface area contributed by atoms with E-state index in [4.69, 9.17) is 0 Å². The highest BCUT2D eigenvalue weighted by atomic mass is 16.4. The van der Waals surface area contributed by atoms with Crippen LogP contribution < -0.4 is 5.56 Å². The smallest absolute Gasteiger partial charge is 0.326 e. The Hall–Kier alpha value is -2.96. The first-order valence-corrected chi connectivity index (χ1v) is 8.22. The van der Waals surface area contributed by atoms with Crippen LogP contribution in [0.2, 0.25) is 0 Å². The molecule has 7 nitrogen and oxygen atoms in total. The van der Waals surface area contributed by atoms with Gasteiger partial charge in [-0.05, 0) is 30.9 Å². The summed E-state index contributed by atoms with van der Waals surface area (Å²) in [4.78, 5) is 37.5. The molecule has 1 saturated heterocycles. The van der Waals surface area contributed by atoms with Gasteiger partial charge in [0.1, 0.15) is 11.7 Å². The first kappa shape index (κ1) is 16.9. The molecule has 25 heavy (non-hydrogen) atoms. The molecule has 1 aromatic carbocycles. The first-order chi connectivity index (χ1) is 12.1. The van der Waals surface area contributed by atoms with Crippen molar-refractivity contribution in [1.82, 2.24) is 14.7 Å². The number of rotatable bonds is 4. The van der Waals surface area contributed by atoms with Gasteiger partial charge in [-0.25, -0.2) is 9.48 Å². The monoisotopic (exact) mass is 341 g/mol. The molecule has 7 heteroatoms. The number of hydrogen-bond donors (Lipinski definition) is 1. The molecule has 2 aromatic rings. The summed E-state index contributed by atoms with van der Waals surface area (Å²) in [5.41, 5.74) is 0.667. The molecule has 130 valence electrons. The predicted molar refractivity (Wildman–Crippen MR) is 90.4 cm³/mol. The zero-order valence-electron chi connectivity index (χ0n) is 13.7. The second-order valence-corrected chi connectivity index (χ2v) is 6.05. The minimum absolute atomic E-state index is 0.0867. The average molecular weight is 341 g/mol. The third-order valence-electron chi connectivity index (χ3n) is 4.31. The number of carboxylic acid groups (broad SMARTS) is 1. The molecule has 3 rings (SSSR count). The van der Waals surface area contributed by atoms with Gasteiger partial charge in [-0.15, -0.1) is 0 Å². The molecular formula is C18H19N3O4. The lowest BCUT2D eigenvalue weighted by atomic mass is 10.0. The molecule has 1 aliphatic heterocycles. The van der Waals surface area contributed by atoms with Gasteiger partial charge >= 0.3 is 5.97 Å². The van der Waals surface area contributed by atoms with Gasteiger partial charge in [0.25, 0.3) is 11.5 Å². The number of likely N-dealkylation sites (tertiary alicyclic amines) is 1. The predicted octanol–water partition coefficient (Wildman–Crippen LogP) is 1.37. The molecule has 1 atom stereocenters. The minimum atomic E-state index is -1.01. The van der Waals surface area contributed by atoms with Crippen LogP contribution in [0, 0.1) is 0 Å². The zero-order chi connectivity index (χ0) is 17.8. The number of nitrogens with zero attached hydrogens (tertiary/aromatic N) is 3. The molecule has 0 unspecified atom stereocenters. The number of amides is 1. The number of aromatic nitrogens is 2. The van der Waals surface area contributed by atoms with Crippen LogP contribution >= 0.6 is 0 Å². The van der Waals surface area contributed by atoms with Gasteiger partial charge in [-0.2, -0.15) is 5.10 Å². The lowest BCUT2D eigenvalue weighted by Crippen LogP contribution is -2.48. The fraction of sp³-hybridized carbons (Fsp3) is 0.333. The van der Waals surface area contributed by atoms with Gasteiger partial charge in [0.15, 0.2) is 0 Å². The van der Waals surface area contributed by atoms with E-state index in [1.807, 2.05) is 30.3 Å². The number of carbonyl (C=O) groups excluding carboxylic acids is 1. The Balaban J connectivity index is 1.87. The van der Waals surface area contributed by atoms with Crippen molar-refractivity contribution in [1.29, 1.82) is 0 Å². The first-order valence-electron chi connectivity index (χ1n) is 8.22. The Labute approximate surface area is 144 Å². The molecule has 0 aliphatic carbocycles. The lowest BCUT2D eigenvalue weighted by molar-refractivity contribution is -0.143. The van der Waals surface area contributed by atoms with E-state index in [-0.39, 0.29) is 17.8 Å². The van der Waals surface area contributed by atoms with Gasteiger partial charge in [-0.1, -0.05) is 30.3 Å². The van der Waals surface area contributed by atoms with Crippen LogP contribution in [0.15, 0.2) is 47.3 Å². The third kappa shape index (κ3) is 3.76. The fourth-order valence-corrected chi connectivity index (χ4v) is 3.01. The van der Waals surface area contributed by atoms with Crippen molar-refractivity contribution < 1.29 is 14.7 Å². The summed E-state index contributed by atoms with van der Waals surface area (Å²) < 4.78 is 1.22. The van der Waals surface area contributed by atoms with Crippen LogP contribution in [0.5, 0.6) is 0 Å². The molecule has 0 saturated carbocycles. The van der Waals surface area contributed by atoms with E-state index in [9.17, 15) is 19.5 Å². The largest absolute Gasteiger partial charge is 0.480 e.